The van der Waals surface area contributed by atoms with Gasteiger partial charge in [-0.05, 0) is 38.1 Å². The van der Waals surface area contributed by atoms with Crippen molar-refractivity contribution < 1.29 is 12.9 Å². The van der Waals surface area contributed by atoms with Crippen molar-refractivity contribution in [2.24, 2.45) is 0 Å². The molecule has 0 saturated carbocycles. The van der Waals surface area contributed by atoms with E-state index >= 15 is 0 Å². The maximum absolute atomic E-state index is 11.5. The molecule has 29 heavy (non-hydrogen) atoms. The van der Waals surface area contributed by atoms with Crippen molar-refractivity contribution in [2.45, 2.75) is 31.1 Å². The van der Waals surface area contributed by atoms with Gasteiger partial charge in [-0.15, -0.1) is 0 Å². The molecule has 0 amide bonds. The van der Waals surface area contributed by atoms with Gasteiger partial charge < -0.3 is 4.52 Å². The number of likely N-dealkylation sites (tertiary alicyclic amines) is 1. The number of hydrogen-bond acceptors (Lipinski definition) is 6. The molecule has 0 radical (unpaired) electrons. The van der Waals surface area contributed by atoms with Crippen LogP contribution in [0.3, 0.4) is 0 Å². The number of pyridine rings is 1. The molecule has 7 heteroatoms. The van der Waals surface area contributed by atoms with E-state index in [1.165, 1.54) is 6.26 Å². The second-order valence-electron chi connectivity index (χ2n) is 7.72. The molecular weight excluding hydrogens is 386 g/mol. The zero-order chi connectivity index (χ0) is 20.3. The monoisotopic (exact) mass is 411 g/mol. The zero-order valence-corrected chi connectivity index (χ0v) is 17.3. The minimum Gasteiger partial charge on any atom is -0.359 e. The van der Waals surface area contributed by atoms with Gasteiger partial charge in [-0.25, -0.2) is 8.42 Å². The summed E-state index contributed by atoms with van der Waals surface area (Å²) in [5.74, 6) is 1.23. The second kappa shape index (κ2) is 8.47. The Bertz CT molecular complexity index is 1060. The van der Waals surface area contributed by atoms with Crippen LogP contribution in [0.25, 0.3) is 11.3 Å². The third-order valence-corrected chi connectivity index (χ3v) is 6.07. The molecule has 3 aromatic rings. The van der Waals surface area contributed by atoms with Gasteiger partial charge in [0.25, 0.3) is 0 Å². The van der Waals surface area contributed by atoms with Crippen LogP contribution in [0.2, 0.25) is 0 Å². The van der Waals surface area contributed by atoms with Gasteiger partial charge in [-0.1, -0.05) is 41.6 Å². The number of rotatable bonds is 6. The molecule has 0 atom stereocenters. The van der Waals surface area contributed by atoms with E-state index in [1.807, 2.05) is 48.5 Å². The first-order valence-corrected chi connectivity index (χ1v) is 11.9. The van der Waals surface area contributed by atoms with E-state index in [4.69, 9.17) is 4.52 Å². The van der Waals surface area contributed by atoms with Crippen LogP contribution in [-0.4, -0.2) is 42.8 Å². The number of nitrogens with zero attached hydrogens (tertiary/aromatic N) is 3. The molecule has 1 aliphatic rings. The molecule has 1 saturated heterocycles. The van der Waals surface area contributed by atoms with E-state index in [9.17, 15) is 8.42 Å². The standard InChI is InChI=1S/C22H25N3O3S/c1-29(26,27)16-19-8-5-9-21(23-19)18-10-12-25(13-11-18)15-20-14-22(24-28-20)17-6-3-2-4-7-17/h2-9,14,18H,10-13,15-16H2,1H3. The van der Waals surface area contributed by atoms with Crippen LogP contribution in [-0.2, 0) is 22.1 Å². The third kappa shape index (κ3) is 5.31. The lowest BCUT2D eigenvalue weighted by Gasteiger charge is -2.31. The largest absolute Gasteiger partial charge is 0.359 e. The predicted octanol–water partition coefficient (Wildman–Crippen LogP) is 3.66. The summed E-state index contributed by atoms with van der Waals surface area (Å²) in [6, 6.07) is 17.7. The summed E-state index contributed by atoms with van der Waals surface area (Å²) in [7, 11) is -3.07. The van der Waals surface area contributed by atoms with E-state index in [0.717, 1.165) is 55.2 Å². The Hall–Kier alpha value is -2.51. The highest BCUT2D eigenvalue weighted by molar-refractivity contribution is 7.89. The normalized spacial score (nSPS) is 16.2. The number of sulfone groups is 1. The average molecular weight is 412 g/mol. The van der Waals surface area contributed by atoms with Crippen molar-refractivity contribution in [2.75, 3.05) is 19.3 Å². The average Bonchev–Trinajstić information content (AvgIpc) is 3.17. The Labute approximate surface area is 171 Å². The van der Waals surface area contributed by atoms with Gasteiger partial charge in [0.1, 0.15) is 5.69 Å². The fraction of sp³-hybridized carbons (Fsp3) is 0.364. The highest BCUT2D eigenvalue weighted by atomic mass is 32.2. The lowest BCUT2D eigenvalue weighted by atomic mass is 9.93. The fourth-order valence-electron chi connectivity index (χ4n) is 3.81. The predicted molar refractivity (Wildman–Crippen MR) is 112 cm³/mol. The lowest BCUT2D eigenvalue weighted by Crippen LogP contribution is -2.32. The molecule has 3 heterocycles. The summed E-state index contributed by atoms with van der Waals surface area (Å²) in [5.41, 5.74) is 3.54. The lowest BCUT2D eigenvalue weighted by molar-refractivity contribution is 0.183. The van der Waals surface area contributed by atoms with Crippen LogP contribution in [0, 0.1) is 0 Å². The minimum absolute atomic E-state index is 0.00503. The molecule has 0 bridgehead atoms. The topological polar surface area (TPSA) is 76.3 Å². The van der Waals surface area contributed by atoms with E-state index in [0.29, 0.717) is 11.6 Å². The third-order valence-electron chi connectivity index (χ3n) is 5.25. The molecular formula is C22H25N3O3S. The smallest absolute Gasteiger partial charge is 0.153 e. The Kier molecular flexibility index (Phi) is 5.78. The Morgan fingerprint density at radius 1 is 1.07 bits per heavy atom. The van der Waals surface area contributed by atoms with Crippen LogP contribution >= 0.6 is 0 Å². The molecule has 4 rings (SSSR count). The molecule has 1 aliphatic heterocycles. The van der Waals surface area contributed by atoms with Crippen molar-refractivity contribution in [3.8, 4) is 11.3 Å². The van der Waals surface area contributed by atoms with Gasteiger partial charge in [0.05, 0.1) is 18.0 Å². The Balaban J connectivity index is 1.34. The number of piperidine rings is 1. The van der Waals surface area contributed by atoms with E-state index in [-0.39, 0.29) is 5.75 Å². The molecule has 0 unspecified atom stereocenters. The van der Waals surface area contributed by atoms with Crippen LogP contribution in [0.1, 0.15) is 35.9 Å². The Morgan fingerprint density at radius 2 is 1.83 bits per heavy atom. The van der Waals surface area contributed by atoms with Crippen LogP contribution in [0.4, 0.5) is 0 Å². The van der Waals surface area contributed by atoms with Crippen molar-refractivity contribution in [1.29, 1.82) is 0 Å². The first-order valence-electron chi connectivity index (χ1n) is 9.83. The van der Waals surface area contributed by atoms with Gasteiger partial charge in [0.2, 0.25) is 0 Å². The van der Waals surface area contributed by atoms with Gasteiger partial charge in [-0.2, -0.15) is 0 Å². The summed E-state index contributed by atoms with van der Waals surface area (Å²) in [6.07, 6.45) is 3.23. The minimum atomic E-state index is -3.07. The quantitative estimate of drug-likeness (QED) is 0.616. The molecule has 0 N–H and O–H groups in total. The first-order chi connectivity index (χ1) is 14.0. The molecule has 6 nitrogen and oxygen atoms in total. The van der Waals surface area contributed by atoms with Gasteiger partial charge in [0.15, 0.2) is 15.6 Å². The highest BCUT2D eigenvalue weighted by Gasteiger charge is 2.23. The second-order valence-corrected chi connectivity index (χ2v) is 9.86. The molecule has 152 valence electrons. The van der Waals surface area contributed by atoms with Crippen molar-refractivity contribution in [3.05, 3.63) is 71.7 Å². The van der Waals surface area contributed by atoms with Crippen LogP contribution in [0.15, 0.2) is 59.1 Å². The van der Waals surface area contributed by atoms with Crippen molar-refractivity contribution in [3.63, 3.8) is 0 Å². The maximum atomic E-state index is 11.5. The zero-order valence-electron chi connectivity index (χ0n) is 16.5. The first kappa shape index (κ1) is 19.8. The van der Waals surface area contributed by atoms with Crippen LogP contribution in [0.5, 0.6) is 0 Å². The van der Waals surface area contributed by atoms with E-state index < -0.39 is 9.84 Å². The summed E-state index contributed by atoms with van der Waals surface area (Å²) in [5, 5.41) is 4.19. The molecule has 0 aliphatic carbocycles. The molecule has 2 aromatic heterocycles. The number of aromatic nitrogens is 2. The summed E-state index contributed by atoms with van der Waals surface area (Å²) < 4.78 is 28.6. The van der Waals surface area contributed by atoms with Gasteiger partial charge in [0, 0.05) is 29.5 Å². The van der Waals surface area contributed by atoms with Crippen molar-refractivity contribution >= 4 is 9.84 Å². The van der Waals surface area contributed by atoms with Crippen molar-refractivity contribution in [1.82, 2.24) is 15.0 Å². The summed E-state index contributed by atoms with van der Waals surface area (Å²) in [4.78, 5) is 6.97. The summed E-state index contributed by atoms with van der Waals surface area (Å²) in [6.45, 7) is 2.64. The summed E-state index contributed by atoms with van der Waals surface area (Å²) >= 11 is 0. The number of hydrogen-bond donors (Lipinski definition) is 0. The highest BCUT2D eigenvalue weighted by Crippen LogP contribution is 2.28. The fourth-order valence-corrected chi connectivity index (χ4v) is 4.51. The van der Waals surface area contributed by atoms with E-state index in [1.54, 1.807) is 6.07 Å². The Morgan fingerprint density at radius 3 is 2.55 bits per heavy atom. The van der Waals surface area contributed by atoms with E-state index in [2.05, 4.69) is 15.0 Å². The van der Waals surface area contributed by atoms with Gasteiger partial charge in [-0.3, -0.25) is 9.88 Å². The van der Waals surface area contributed by atoms with Crippen LogP contribution < -0.4 is 0 Å². The maximum Gasteiger partial charge on any atom is 0.153 e. The number of benzene rings is 1. The molecule has 1 fully saturated rings. The molecule has 1 aromatic carbocycles. The SMILES string of the molecule is CS(=O)(=O)Cc1cccc(C2CCN(Cc3cc(-c4ccccc4)no3)CC2)n1. The van der Waals surface area contributed by atoms with Gasteiger partial charge >= 0.3 is 0 Å². The molecule has 0 spiro atoms.